The first-order valence-corrected chi connectivity index (χ1v) is 16.5. The predicted molar refractivity (Wildman–Crippen MR) is 183 cm³/mol. The maximum atomic E-state index is 12.0. The fourth-order valence-corrected chi connectivity index (χ4v) is 7.25. The van der Waals surface area contributed by atoms with Crippen LogP contribution in [0.3, 0.4) is 0 Å². The lowest BCUT2D eigenvalue weighted by molar-refractivity contribution is -0.277. The Balaban J connectivity index is 1.36. The Morgan fingerprint density at radius 2 is 1.20 bits per heavy atom. The highest BCUT2D eigenvalue weighted by atomic mass is 32.2. The number of aliphatic hydroxyl groups is 1. The largest absolute Gasteiger partial charge is 0.389 e. The second-order valence-corrected chi connectivity index (χ2v) is 12.8. The van der Waals surface area contributed by atoms with Crippen molar-refractivity contribution in [3.63, 3.8) is 0 Å². The summed E-state index contributed by atoms with van der Waals surface area (Å²) >= 11 is 1.57. The van der Waals surface area contributed by atoms with Gasteiger partial charge in [0.05, 0.1) is 30.7 Å². The van der Waals surface area contributed by atoms with Crippen molar-refractivity contribution in [2.24, 2.45) is 0 Å². The van der Waals surface area contributed by atoms with E-state index in [4.69, 9.17) is 18.9 Å². The van der Waals surface area contributed by atoms with E-state index in [2.05, 4.69) is 67.6 Å². The van der Waals surface area contributed by atoms with Crippen molar-refractivity contribution in [2.45, 2.75) is 53.9 Å². The van der Waals surface area contributed by atoms with Gasteiger partial charge in [0.2, 0.25) is 0 Å². The molecule has 6 heteroatoms. The summed E-state index contributed by atoms with van der Waals surface area (Å²) in [6.07, 6.45) is -2.92. The average Bonchev–Trinajstić information content (AvgIpc) is 3.12. The quantitative estimate of drug-likeness (QED) is 0.142. The lowest BCUT2D eigenvalue weighted by Gasteiger charge is -2.45. The minimum atomic E-state index is -0.930. The van der Waals surface area contributed by atoms with Gasteiger partial charge >= 0.3 is 0 Å². The van der Waals surface area contributed by atoms with Gasteiger partial charge in [0.1, 0.15) is 11.7 Å². The molecule has 0 saturated carbocycles. The average molecular weight is 633 g/mol. The molecule has 1 aliphatic heterocycles. The van der Waals surface area contributed by atoms with Crippen LogP contribution in [0.4, 0.5) is 0 Å². The first-order chi connectivity index (χ1) is 22.6. The number of methoxy groups -OCH3 is 1. The number of hydrogen-bond acceptors (Lipinski definition) is 6. The molecule has 1 saturated heterocycles. The lowest BCUT2D eigenvalue weighted by atomic mass is 9.80. The molecule has 5 nitrogen and oxygen atoms in total. The summed E-state index contributed by atoms with van der Waals surface area (Å²) in [4.78, 5) is 1.03. The van der Waals surface area contributed by atoms with E-state index in [-0.39, 0.29) is 6.61 Å². The molecule has 0 radical (unpaired) electrons. The monoisotopic (exact) mass is 632 g/mol. The molecule has 0 aromatic heterocycles. The van der Waals surface area contributed by atoms with Crippen molar-refractivity contribution in [2.75, 3.05) is 13.7 Å². The molecule has 46 heavy (non-hydrogen) atoms. The van der Waals surface area contributed by atoms with Crippen LogP contribution >= 0.6 is 11.8 Å². The van der Waals surface area contributed by atoms with Crippen molar-refractivity contribution < 1.29 is 24.1 Å². The Morgan fingerprint density at radius 1 is 0.696 bits per heavy atom. The van der Waals surface area contributed by atoms with Gasteiger partial charge in [-0.05, 0) is 41.3 Å². The van der Waals surface area contributed by atoms with Gasteiger partial charge < -0.3 is 24.1 Å². The van der Waals surface area contributed by atoms with Crippen LogP contribution in [-0.2, 0) is 31.2 Å². The molecule has 1 aliphatic rings. The van der Waals surface area contributed by atoms with Crippen molar-refractivity contribution in [1.29, 1.82) is 0 Å². The highest BCUT2D eigenvalue weighted by Gasteiger charge is 2.48. The van der Waals surface area contributed by atoms with Crippen molar-refractivity contribution in [1.82, 2.24) is 0 Å². The molecule has 5 aromatic rings. The van der Waals surface area contributed by atoms with Crippen molar-refractivity contribution >= 4 is 11.8 Å². The standard InChI is InChI=1S/C40H40O5S/c1-29-23-25-34(26-24-29)46-38-35(45-39(42-2)37(36(38)41)43-27-30-15-7-3-8-16-30)28-44-40(31-17-9-4-10-18-31,32-19-11-5-12-20-32)33-21-13-6-14-22-33/h3-26,35-39,41H,27-28H2,1-2H3/t35-,36-,37-,38+,39+/m1/s1. The second-order valence-electron chi connectivity index (χ2n) is 11.5. The molecule has 5 atom stereocenters. The van der Waals surface area contributed by atoms with Crippen molar-refractivity contribution in [3.8, 4) is 0 Å². The van der Waals surface area contributed by atoms with E-state index < -0.39 is 35.5 Å². The number of thioether (sulfide) groups is 1. The number of ether oxygens (including phenoxy) is 4. The van der Waals surface area contributed by atoms with Crippen LogP contribution in [0, 0.1) is 6.92 Å². The molecule has 0 amide bonds. The van der Waals surface area contributed by atoms with Gasteiger partial charge in [-0.2, -0.15) is 0 Å². The van der Waals surface area contributed by atoms with Gasteiger partial charge in [-0.25, -0.2) is 0 Å². The molecular weight excluding hydrogens is 593 g/mol. The minimum absolute atomic E-state index is 0.185. The summed E-state index contributed by atoms with van der Waals surface area (Å²) in [5.74, 6) is 0. The van der Waals surface area contributed by atoms with Gasteiger partial charge in [-0.3, -0.25) is 0 Å². The molecule has 1 heterocycles. The first kappa shape index (κ1) is 32.2. The lowest BCUT2D eigenvalue weighted by Crippen LogP contribution is -2.59. The van der Waals surface area contributed by atoms with Crippen LogP contribution in [0.25, 0.3) is 0 Å². The molecular formula is C40H40O5S. The second kappa shape index (κ2) is 15.2. The third kappa shape index (κ3) is 7.13. The topological polar surface area (TPSA) is 57.2 Å². The van der Waals surface area contributed by atoms with Crippen LogP contribution in [0.1, 0.15) is 27.8 Å². The Kier molecular flexibility index (Phi) is 10.7. The van der Waals surface area contributed by atoms with Gasteiger partial charge in [-0.15, -0.1) is 11.8 Å². The molecule has 236 valence electrons. The highest BCUT2D eigenvalue weighted by molar-refractivity contribution is 8.00. The van der Waals surface area contributed by atoms with Crippen LogP contribution < -0.4 is 0 Å². The van der Waals surface area contributed by atoms with Gasteiger partial charge in [0.15, 0.2) is 6.29 Å². The summed E-state index contributed by atoms with van der Waals surface area (Å²) in [7, 11) is 1.59. The molecule has 1 fully saturated rings. The number of benzene rings is 5. The van der Waals surface area contributed by atoms with Crippen molar-refractivity contribution in [3.05, 3.63) is 173 Å². The first-order valence-electron chi connectivity index (χ1n) is 15.6. The zero-order valence-corrected chi connectivity index (χ0v) is 27.0. The molecule has 0 spiro atoms. The normalized spacial score (nSPS) is 21.6. The smallest absolute Gasteiger partial charge is 0.186 e. The summed E-state index contributed by atoms with van der Waals surface area (Å²) < 4.78 is 26.0. The van der Waals surface area contributed by atoms with Gasteiger partial charge in [0.25, 0.3) is 0 Å². The predicted octanol–water partition coefficient (Wildman–Crippen LogP) is 7.78. The molecule has 0 unspecified atom stereocenters. The molecule has 0 aliphatic carbocycles. The van der Waals surface area contributed by atoms with Crippen LogP contribution in [0.5, 0.6) is 0 Å². The zero-order chi connectivity index (χ0) is 31.8. The Bertz CT molecular complexity index is 1520. The molecule has 0 bridgehead atoms. The third-order valence-electron chi connectivity index (χ3n) is 8.43. The Hall–Kier alpha value is -3.75. The van der Waals surface area contributed by atoms with E-state index in [1.54, 1.807) is 18.9 Å². The van der Waals surface area contributed by atoms with Gasteiger partial charge in [0, 0.05) is 12.0 Å². The van der Waals surface area contributed by atoms with Crippen LogP contribution in [0.15, 0.2) is 150 Å². The van der Waals surface area contributed by atoms with Gasteiger partial charge in [-0.1, -0.05) is 139 Å². The number of rotatable bonds is 12. The fourth-order valence-electron chi connectivity index (χ4n) is 6.06. The highest BCUT2D eigenvalue weighted by Crippen LogP contribution is 2.43. The fraction of sp³-hybridized carbons (Fsp3) is 0.250. The Labute approximate surface area is 276 Å². The SMILES string of the molecule is CO[C@H]1O[C@H](COC(c2ccccc2)(c2ccccc2)c2ccccc2)[C@H](Sc2ccc(C)cc2)[C@H](O)[C@H]1OCc1ccccc1. The minimum Gasteiger partial charge on any atom is -0.389 e. The van der Waals surface area contributed by atoms with E-state index in [0.29, 0.717) is 6.61 Å². The summed E-state index contributed by atoms with van der Waals surface area (Å²) in [6, 6.07) is 49.1. The molecule has 6 rings (SSSR count). The van der Waals surface area contributed by atoms with E-state index in [9.17, 15) is 5.11 Å². The third-order valence-corrected chi connectivity index (χ3v) is 9.83. The Morgan fingerprint density at radius 3 is 1.70 bits per heavy atom. The maximum Gasteiger partial charge on any atom is 0.186 e. The summed E-state index contributed by atoms with van der Waals surface area (Å²) in [6.45, 7) is 2.58. The number of aliphatic hydroxyl groups excluding tert-OH is 1. The van der Waals surface area contributed by atoms with E-state index >= 15 is 0 Å². The van der Waals surface area contributed by atoms with E-state index in [1.165, 1.54) is 5.56 Å². The maximum absolute atomic E-state index is 12.0. The number of aryl methyl sites for hydroxylation is 1. The summed E-state index contributed by atoms with van der Waals surface area (Å²) in [5.41, 5.74) is 4.25. The van der Waals surface area contributed by atoms with E-state index in [0.717, 1.165) is 27.1 Å². The molecule has 1 N–H and O–H groups in total. The summed E-state index contributed by atoms with van der Waals surface area (Å²) in [5, 5.41) is 11.6. The zero-order valence-electron chi connectivity index (χ0n) is 26.1. The van der Waals surface area contributed by atoms with Crippen LogP contribution in [0.2, 0.25) is 0 Å². The number of hydrogen-bond donors (Lipinski definition) is 1. The van der Waals surface area contributed by atoms with E-state index in [1.807, 2.05) is 84.9 Å². The molecule has 5 aromatic carbocycles. The van der Waals surface area contributed by atoms with Crippen LogP contribution in [-0.4, -0.2) is 48.7 Å².